The number of hydrogen-bond donors (Lipinski definition) is 0. The van der Waals surface area contributed by atoms with E-state index in [9.17, 15) is 9.59 Å². The van der Waals surface area contributed by atoms with E-state index in [1.54, 1.807) is 18.1 Å². The first kappa shape index (κ1) is 22.5. The Bertz CT molecular complexity index is 1050. The summed E-state index contributed by atoms with van der Waals surface area (Å²) < 4.78 is 5.76. The summed E-state index contributed by atoms with van der Waals surface area (Å²) in [5.74, 6) is 0.278. The van der Waals surface area contributed by atoms with Crippen molar-refractivity contribution in [2.24, 2.45) is 0 Å². The zero-order chi connectivity index (χ0) is 22.2. The average Bonchev–Trinajstić information content (AvgIpc) is 3.06. The number of hydrogen-bond acceptors (Lipinski definition) is 6. The van der Waals surface area contributed by atoms with Gasteiger partial charge < -0.3 is 9.64 Å². The standard InChI is InChI=1S/C23H21N3O3S2/c1-29-19-11-6-5-8-17(19)16-20-22(28)26(23(30)31-20)15-12-21(27)25(14-7-13-24)18-9-3-2-4-10-18/h2-6,8-11,16H,7,12,14-15H2,1H3. The number of nitrogens with zero attached hydrogens (tertiary/aromatic N) is 3. The molecule has 31 heavy (non-hydrogen) atoms. The van der Waals surface area contributed by atoms with Crippen LogP contribution in [0.2, 0.25) is 0 Å². The molecule has 0 atom stereocenters. The lowest BCUT2D eigenvalue weighted by atomic mass is 10.2. The Kier molecular flexibility index (Phi) is 7.82. The van der Waals surface area contributed by atoms with Gasteiger partial charge in [-0.1, -0.05) is 60.4 Å². The molecule has 0 unspecified atom stereocenters. The number of methoxy groups -OCH3 is 1. The van der Waals surface area contributed by atoms with Crippen molar-refractivity contribution >= 4 is 51.9 Å². The van der Waals surface area contributed by atoms with Crippen molar-refractivity contribution in [1.29, 1.82) is 5.26 Å². The maximum atomic E-state index is 12.9. The summed E-state index contributed by atoms with van der Waals surface area (Å²) in [7, 11) is 1.58. The van der Waals surface area contributed by atoms with Gasteiger partial charge in [0.2, 0.25) is 5.91 Å². The topological polar surface area (TPSA) is 73.6 Å². The molecule has 1 saturated heterocycles. The predicted octanol–water partition coefficient (Wildman–Crippen LogP) is 4.23. The Labute approximate surface area is 191 Å². The molecular formula is C23H21N3O3S2. The van der Waals surface area contributed by atoms with Crippen molar-refractivity contribution < 1.29 is 14.3 Å². The second kappa shape index (κ2) is 10.8. The zero-order valence-corrected chi connectivity index (χ0v) is 18.6. The van der Waals surface area contributed by atoms with Crippen molar-refractivity contribution in [2.75, 3.05) is 25.1 Å². The molecule has 0 spiro atoms. The summed E-state index contributed by atoms with van der Waals surface area (Å²) in [6, 6.07) is 18.7. The SMILES string of the molecule is COc1ccccc1C=C1SC(=S)N(CCC(=O)N(CCC#N)c2ccccc2)C1=O. The van der Waals surface area contributed by atoms with Crippen LogP contribution in [0.25, 0.3) is 6.08 Å². The van der Waals surface area contributed by atoms with Crippen molar-refractivity contribution in [3.63, 3.8) is 0 Å². The third kappa shape index (κ3) is 5.51. The van der Waals surface area contributed by atoms with E-state index in [0.29, 0.717) is 21.5 Å². The number of ether oxygens (including phenoxy) is 1. The fourth-order valence-corrected chi connectivity index (χ4v) is 4.43. The van der Waals surface area contributed by atoms with E-state index in [2.05, 4.69) is 6.07 Å². The second-order valence-corrected chi connectivity index (χ2v) is 8.29. The first-order valence-corrected chi connectivity index (χ1v) is 10.9. The van der Waals surface area contributed by atoms with E-state index in [1.165, 1.54) is 16.7 Å². The predicted molar refractivity (Wildman–Crippen MR) is 127 cm³/mol. The maximum Gasteiger partial charge on any atom is 0.266 e. The molecule has 158 valence electrons. The van der Waals surface area contributed by atoms with E-state index < -0.39 is 0 Å². The molecule has 0 aromatic heterocycles. The summed E-state index contributed by atoms with van der Waals surface area (Å²) in [4.78, 5) is 29.3. The smallest absolute Gasteiger partial charge is 0.266 e. The summed E-state index contributed by atoms with van der Waals surface area (Å²) in [6.07, 6.45) is 2.08. The molecule has 2 aromatic rings. The number of thioether (sulfide) groups is 1. The van der Waals surface area contributed by atoms with Gasteiger partial charge in [0.15, 0.2) is 0 Å². The average molecular weight is 452 g/mol. The van der Waals surface area contributed by atoms with Crippen LogP contribution in [0.15, 0.2) is 59.5 Å². The molecule has 1 aliphatic rings. The number of nitriles is 1. The lowest BCUT2D eigenvalue weighted by molar-refractivity contribution is -0.123. The third-order valence-corrected chi connectivity index (χ3v) is 6.04. The Morgan fingerprint density at radius 1 is 1.23 bits per heavy atom. The molecule has 0 bridgehead atoms. The molecule has 2 aromatic carbocycles. The van der Waals surface area contributed by atoms with Crippen LogP contribution < -0.4 is 9.64 Å². The molecule has 3 rings (SSSR count). The highest BCUT2D eigenvalue weighted by atomic mass is 32.2. The lowest BCUT2D eigenvalue weighted by Crippen LogP contribution is -2.36. The first-order chi connectivity index (χ1) is 15.0. The van der Waals surface area contributed by atoms with Gasteiger partial charge in [0.25, 0.3) is 5.91 Å². The molecule has 2 amide bonds. The van der Waals surface area contributed by atoms with Crippen LogP contribution in [-0.2, 0) is 9.59 Å². The molecule has 0 N–H and O–H groups in total. The molecule has 0 saturated carbocycles. The highest BCUT2D eigenvalue weighted by molar-refractivity contribution is 8.26. The van der Waals surface area contributed by atoms with E-state index in [1.807, 2.05) is 54.6 Å². The third-order valence-electron chi connectivity index (χ3n) is 4.66. The summed E-state index contributed by atoms with van der Waals surface area (Å²) >= 11 is 6.59. The molecule has 1 aliphatic heterocycles. The lowest BCUT2D eigenvalue weighted by Gasteiger charge is -2.23. The van der Waals surface area contributed by atoms with Gasteiger partial charge in [0.05, 0.1) is 24.5 Å². The number of para-hydroxylation sites is 2. The Hall–Kier alpha value is -3.15. The largest absolute Gasteiger partial charge is 0.496 e. The molecule has 8 heteroatoms. The van der Waals surface area contributed by atoms with Gasteiger partial charge in [-0.2, -0.15) is 5.26 Å². The van der Waals surface area contributed by atoms with Gasteiger partial charge in [-0.15, -0.1) is 0 Å². The van der Waals surface area contributed by atoms with Crippen LogP contribution in [-0.4, -0.2) is 41.2 Å². The molecule has 0 aliphatic carbocycles. The van der Waals surface area contributed by atoms with E-state index in [4.69, 9.17) is 22.2 Å². The van der Waals surface area contributed by atoms with Gasteiger partial charge in [-0.3, -0.25) is 14.5 Å². The number of carbonyl (C=O) groups excluding carboxylic acids is 2. The van der Waals surface area contributed by atoms with Crippen molar-refractivity contribution in [2.45, 2.75) is 12.8 Å². The maximum absolute atomic E-state index is 12.9. The Balaban J connectivity index is 1.70. The quantitative estimate of drug-likeness (QED) is 0.442. The number of carbonyl (C=O) groups is 2. The normalized spacial score (nSPS) is 14.6. The summed E-state index contributed by atoms with van der Waals surface area (Å²) in [5, 5.41) is 8.93. The Morgan fingerprint density at radius 3 is 2.65 bits per heavy atom. The van der Waals surface area contributed by atoms with Gasteiger partial charge in [-0.25, -0.2) is 0 Å². The van der Waals surface area contributed by atoms with Crippen molar-refractivity contribution in [3.05, 3.63) is 65.1 Å². The number of thiocarbonyl (C=S) groups is 1. The van der Waals surface area contributed by atoms with Crippen LogP contribution in [0.5, 0.6) is 5.75 Å². The minimum absolute atomic E-state index is 0.106. The number of amides is 2. The van der Waals surface area contributed by atoms with Crippen LogP contribution in [0, 0.1) is 11.3 Å². The van der Waals surface area contributed by atoms with Crippen LogP contribution in [0.3, 0.4) is 0 Å². The van der Waals surface area contributed by atoms with Crippen LogP contribution in [0.1, 0.15) is 18.4 Å². The molecule has 1 fully saturated rings. The number of rotatable bonds is 8. The van der Waals surface area contributed by atoms with Gasteiger partial charge in [0.1, 0.15) is 10.1 Å². The van der Waals surface area contributed by atoms with Gasteiger partial charge >= 0.3 is 0 Å². The monoisotopic (exact) mass is 451 g/mol. The molecule has 6 nitrogen and oxygen atoms in total. The second-order valence-electron chi connectivity index (χ2n) is 6.61. The van der Waals surface area contributed by atoms with Crippen molar-refractivity contribution in [1.82, 2.24) is 4.90 Å². The molecule has 0 radical (unpaired) electrons. The number of anilines is 1. The van der Waals surface area contributed by atoms with Crippen LogP contribution >= 0.6 is 24.0 Å². The minimum atomic E-state index is -0.225. The number of benzene rings is 2. The molecule has 1 heterocycles. The molecular weight excluding hydrogens is 430 g/mol. The summed E-state index contributed by atoms with van der Waals surface area (Å²) in [6.45, 7) is 0.480. The fraction of sp³-hybridized carbons (Fsp3) is 0.217. The Morgan fingerprint density at radius 2 is 1.94 bits per heavy atom. The van der Waals surface area contributed by atoms with E-state index >= 15 is 0 Å². The van der Waals surface area contributed by atoms with Crippen LogP contribution in [0.4, 0.5) is 5.69 Å². The zero-order valence-electron chi connectivity index (χ0n) is 17.0. The van der Waals surface area contributed by atoms with E-state index in [-0.39, 0.29) is 31.2 Å². The highest BCUT2D eigenvalue weighted by Crippen LogP contribution is 2.34. The fourth-order valence-electron chi connectivity index (χ4n) is 3.13. The van der Waals surface area contributed by atoms with Gasteiger partial charge in [-0.05, 0) is 24.3 Å². The minimum Gasteiger partial charge on any atom is -0.496 e. The van der Waals surface area contributed by atoms with Gasteiger partial charge in [0, 0.05) is 30.8 Å². The summed E-state index contributed by atoms with van der Waals surface area (Å²) in [5.41, 5.74) is 1.51. The first-order valence-electron chi connectivity index (χ1n) is 9.66. The van der Waals surface area contributed by atoms with E-state index in [0.717, 1.165) is 11.3 Å². The highest BCUT2D eigenvalue weighted by Gasteiger charge is 2.32. The van der Waals surface area contributed by atoms with Crippen molar-refractivity contribution in [3.8, 4) is 11.8 Å².